The Balaban J connectivity index is 1.26. The van der Waals surface area contributed by atoms with E-state index in [1.807, 2.05) is 44.1 Å². The van der Waals surface area contributed by atoms with Crippen LogP contribution in [0.5, 0.6) is 0 Å². The van der Waals surface area contributed by atoms with Crippen molar-refractivity contribution < 1.29 is 19.2 Å². The second kappa shape index (κ2) is 10.9. The molecule has 3 amide bonds. The van der Waals surface area contributed by atoms with E-state index in [9.17, 15) is 19.2 Å². The predicted octanol–water partition coefficient (Wildman–Crippen LogP) is 2.59. The van der Waals surface area contributed by atoms with Crippen molar-refractivity contribution in [2.45, 2.75) is 38.3 Å². The van der Waals surface area contributed by atoms with Crippen molar-refractivity contribution in [2.24, 2.45) is 5.92 Å². The molecule has 8 heteroatoms. The minimum atomic E-state index is -0.554. The van der Waals surface area contributed by atoms with Gasteiger partial charge in [-0.25, -0.2) is 0 Å². The number of hydrogen-bond donors (Lipinski definition) is 1. The van der Waals surface area contributed by atoms with Gasteiger partial charge in [-0.15, -0.1) is 0 Å². The molecular formula is C28H34N4O4. The van der Waals surface area contributed by atoms with Crippen LogP contribution in [0.4, 0.5) is 5.69 Å². The molecule has 8 nitrogen and oxygen atoms in total. The first-order chi connectivity index (χ1) is 17.3. The average molecular weight is 491 g/mol. The van der Waals surface area contributed by atoms with Gasteiger partial charge in [0, 0.05) is 50.4 Å². The predicted molar refractivity (Wildman–Crippen MR) is 138 cm³/mol. The van der Waals surface area contributed by atoms with E-state index < -0.39 is 6.04 Å². The average Bonchev–Trinajstić information content (AvgIpc) is 3.45. The molecule has 0 saturated carbocycles. The summed E-state index contributed by atoms with van der Waals surface area (Å²) in [5.74, 6) is -0.392. The molecular weight excluding hydrogens is 456 g/mol. The minimum Gasteiger partial charge on any atom is -0.378 e. The van der Waals surface area contributed by atoms with Gasteiger partial charge in [-0.2, -0.15) is 0 Å². The van der Waals surface area contributed by atoms with Crippen molar-refractivity contribution in [3.8, 4) is 0 Å². The number of hydrogen-bond acceptors (Lipinski definition) is 5. The summed E-state index contributed by atoms with van der Waals surface area (Å²) in [6, 6.07) is 15.5. The van der Waals surface area contributed by atoms with E-state index >= 15 is 0 Å². The summed E-state index contributed by atoms with van der Waals surface area (Å²) in [6.07, 6.45) is 1.57. The molecule has 2 aromatic rings. The fourth-order valence-corrected chi connectivity index (χ4v) is 5.08. The highest BCUT2D eigenvalue weighted by Crippen LogP contribution is 2.31. The lowest BCUT2D eigenvalue weighted by molar-refractivity contribution is -0.137. The molecule has 0 spiro atoms. The zero-order valence-electron chi connectivity index (χ0n) is 21.1. The maximum Gasteiger partial charge on any atom is 0.254 e. The Morgan fingerprint density at radius 2 is 1.69 bits per heavy atom. The third kappa shape index (κ3) is 5.42. The molecule has 0 radical (unpaired) electrons. The standard InChI is InChI=1S/C28H34N4O4/c1-19(13-15-29-27(35)20-9-11-22(12-10-20)30(2)3)17-25(34)31-16-14-23-26(31)24(33)18-32(23)28(36)21-7-5-4-6-8-21/h4-12,19,23,26H,13-18H2,1-3H3,(H,29,35). The molecule has 4 rings (SSSR count). The first-order valence-electron chi connectivity index (χ1n) is 12.5. The molecule has 36 heavy (non-hydrogen) atoms. The molecule has 2 saturated heterocycles. The van der Waals surface area contributed by atoms with E-state index in [0.29, 0.717) is 43.5 Å². The first-order valence-corrected chi connectivity index (χ1v) is 12.5. The number of nitrogens with zero attached hydrogens (tertiary/aromatic N) is 3. The summed E-state index contributed by atoms with van der Waals surface area (Å²) in [5.41, 5.74) is 2.18. The van der Waals surface area contributed by atoms with E-state index in [1.54, 1.807) is 46.2 Å². The number of rotatable bonds is 8. The number of Topliss-reactive ketones (excluding diaryl/α,β-unsaturated/α-hetero) is 1. The summed E-state index contributed by atoms with van der Waals surface area (Å²) >= 11 is 0. The smallest absolute Gasteiger partial charge is 0.254 e. The summed E-state index contributed by atoms with van der Waals surface area (Å²) in [7, 11) is 3.89. The second-order valence-corrected chi connectivity index (χ2v) is 9.95. The Bertz CT molecular complexity index is 1120. The van der Waals surface area contributed by atoms with Crippen molar-refractivity contribution in [1.29, 1.82) is 0 Å². The lowest BCUT2D eigenvalue weighted by Gasteiger charge is -2.25. The van der Waals surface area contributed by atoms with Gasteiger partial charge in [-0.05, 0) is 55.2 Å². The summed E-state index contributed by atoms with van der Waals surface area (Å²) in [6.45, 7) is 2.97. The van der Waals surface area contributed by atoms with E-state index in [2.05, 4.69) is 5.32 Å². The number of likely N-dealkylation sites (tertiary alicyclic amines) is 2. The minimum absolute atomic E-state index is 0.0456. The highest BCUT2D eigenvalue weighted by Gasteiger charge is 2.51. The maximum absolute atomic E-state index is 13.1. The first kappa shape index (κ1) is 25.4. The fourth-order valence-electron chi connectivity index (χ4n) is 5.08. The van der Waals surface area contributed by atoms with E-state index in [-0.39, 0.29) is 42.0 Å². The zero-order chi connectivity index (χ0) is 25.8. The molecule has 0 bridgehead atoms. The van der Waals surface area contributed by atoms with Crippen molar-refractivity contribution in [2.75, 3.05) is 38.6 Å². The van der Waals surface area contributed by atoms with Crippen LogP contribution in [0, 0.1) is 5.92 Å². The van der Waals surface area contributed by atoms with Gasteiger partial charge >= 0.3 is 0 Å². The van der Waals surface area contributed by atoms with Gasteiger partial charge in [0.2, 0.25) is 5.91 Å². The lowest BCUT2D eigenvalue weighted by atomic mass is 10.0. The maximum atomic E-state index is 13.1. The number of ketones is 1. The van der Waals surface area contributed by atoms with Crippen LogP contribution in [0.3, 0.4) is 0 Å². The number of anilines is 1. The number of nitrogens with one attached hydrogen (secondary N) is 1. The normalized spacial score (nSPS) is 19.7. The molecule has 2 aliphatic heterocycles. The molecule has 2 aliphatic rings. The lowest BCUT2D eigenvalue weighted by Crippen LogP contribution is -2.44. The Labute approximate surface area is 212 Å². The zero-order valence-corrected chi connectivity index (χ0v) is 21.1. The van der Waals surface area contributed by atoms with Gasteiger partial charge in [0.1, 0.15) is 6.04 Å². The number of fused-ring (bicyclic) bond motifs is 1. The second-order valence-electron chi connectivity index (χ2n) is 9.95. The van der Waals surface area contributed by atoms with Gasteiger partial charge in [0.05, 0.1) is 12.6 Å². The third-order valence-corrected chi connectivity index (χ3v) is 7.12. The van der Waals surface area contributed by atoms with Gasteiger partial charge < -0.3 is 20.0 Å². The van der Waals surface area contributed by atoms with Crippen molar-refractivity contribution in [3.05, 3.63) is 65.7 Å². The summed E-state index contributed by atoms with van der Waals surface area (Å²) < 4.78 is 0. The van der Waals surface area contributed by atoms with Crippen LogP contribution in [0.25, 0.3) is 0 Å². The monoisotopic (exact) mass is 490 g/mol. The van der Waals surface area contributed by atoms with Gasteiger partial charge in [0.15, 0.2) is 5.78 Å². The molecule has 3 unspecified atom stereocenters. The van der Waals surface area contributed by atoms with E-state index in [4.69, 9.17) is 0 Å². The Morgan fingerprint density at radius 3 is 2.36 bits per heavy atom. The van der Waals surface area contributed by atoms with Crippen LogP contribution in [-0.4, -0.2) is 79.1 Å². The van der Waals surface area contributed by atoms with Crippen molar-refractivity contribution in [3.63, 3.8) is 0 Å². The van der Waals surface area contributed by atoms with Crippen LogP contribution in [-0.2, 0) is 9.59 Å². The largest absolute Gasteiger partial charge is 0.378 e. The van der Waals surface area contributed by atoms with E-state index in [0.717, 1.165) is 5.69 Å². The molecule has 2 aromatic carbocycles. The van der Waals surface area contributed by atoms with Crippen LogP contribution in [0.1, 0.15) is 46.9 Å². The molecule has 2 fully saturated rings. The van der Waals surface area contributed by atoms with E-state index in [1.165, 1.54) is 0 Å². The number of benzene rings is 2. The van der Waals surface area contributed by atoms with Crippen LogP contribution in [0.15, 0.2) is 54.6 Å². The van der Waals surface area contributed by atoms with Gasteiger partial charge in [-0.1, -0.05) is 25.1 Å². The van der Waals surface area contributed by atoms with Gasteiger partial charge in [-0.3, -0.25) is 19.2 Å². The third-order valence-electron chi connectivity index (χ3n) is 7.12. The fraction of sp³-hybridized carbons (Fsp3) is 0.429. The number of amides is 3. The van der Waals surface area contributed by atoms with Crippen LogP contribution < -0.4 is 10.2 Å². The highest BCUT2D eigenvalue weighted by molar-refractivity contribution is 6.02. The molecule has 0 aliphatic carbocycles. The van der Waals surface area contributed by atoms with Gasteiger partial charge in [0.25, 0.3) is 11.8 Å². The Hall–Kier alpha value is -3.68. The topological polar surface area (TPSA) is 90.0 Å². The van der Waals surface area contributed by atoms with Crippen LogP contribution >= 0.6 is 0 Å². The van der Waals surface area contributed by atoms with Crippen molar-refractivity contribution in [1.82, 2.24) is 15.1 Å². The summed E-state index contributed by atoms with van der Waals surface area (Å²) in [5, 5.41) is 2.92. The molecule has 0 aromatic heterocycles. The SMILES string of the molecule is CC(CCNC(=O)c1ccc(N(C)C)cc1)CC(=O)N1CCC2C1C(=O)CN2C(=O)c1ccccc1. The molecule has 3 atom stereocenters. The van der Waals surface area contributed by atoms with Crippen LogP contribution in [0.2, 0.25) is 0 Å². The molecule has 1 N–H and O–H groups in total. The Kier molecular flexibility index (Phi) is 7.72. The quantitative estimate of drug-likeness (QED) is 0.614. The highest BCUT2D eigenvalue weighted by atomic mass is 16.2. The molecule has 2 heterocycles. The van der Waals surface area contributed by atoms with Crippen molar-refractivity contribution >= 4 is 29.2 Å². The Morgan fingerprint density at radius 1 is 1.00 bits per heavy atom. The summed E-state index contributed by atoms with van der Waals surface area (Å²) in [4.78, 5) is 56.5. The number of carbonyl (C=O) groups is 4. The number of carbonyl (C=O) groups excluding carboxylic acids is 4. The molecule has 190 valence electrons.